The highest BCUT2D eigenvalue weighted by atomic mass is 32.1. The van der Waals surface area contributed by atoms with Crippen LogP contribution in [0.25, 0.3) is 0 Å². The summed E-state index contributed by atoms with van der Waals surface area (Å²) in [5, 5.41) is 11.5. The van der Waals surface area contributed by atoms with Crippen molar-refractivity contribution >= 4 is 23.2 Å². The van der Waals surface area contributed by atoms with Gasteiger partial charge in [0.1, 0.15) is 6.04 Å². The predicted molar refractivity (Wildman–Crippen MR) is 53.9 cm³/mol. The summed E-state index contributed by atoms with van der Waals surface area (Å²) in [7, 11) is 0. The molecule has 94 valence electrons. The molecule has 1 rings (SSSR count). The smallest absolute Gasteiger partial charge is 0.409 e. The maximum absolute atomic E-state index is 12.4. The zero-order valence-electron chi connectivity index (χ0n) is 8.32. The normalized spacial score (nSPS) is 13.1. The predicted octanol–water partition coefficient (Wildman–Crippen LogP) is 1.88. The van der Waals surface area contributed by atoms with Crippen molar-refractivity contribution in [3.05, 3.63) is 22.4 Å². The van der Waals surface area contributed by atoms with Gasteiger partial charge in [0, 0.05) is 0 Å². The Hall–Kier alpha value is -1.57. The lowest BCUT2D eigenvalue weighted by atomic mass is 10.2. The first-order valence-corrected chi connectivity index (χ1v) is 5.31. The Morgan fingerprint density at radius 3 is 2.53 bits per heavy atom. The fourth-order valence-electron chi connectivity index (χ4n) is 1.06. The minimum atomic E-state index is -4.79. The first-order valence-electron chi connectivity index (χ1n) is 4.43. The third-order valence-corrected chi connectivity index (χ3v) is 2.69. The summed E-state index contributed by atoms with van der Waals surface area (Å²) < 4.78 is 37.2. The molecule has 8 heteroatoms. The van der Waals surface area contributed by atoms with Crippen LogP contribution in [0.15, 0.2) is 17.5 Å². The van der Waals surface area contributed by atoms with Crippen molar-refractivity contribution in [2.45, 2.75) is 18.6 Å². The van der Waals surface area contributed by atoms with Gasteiger partial charge in [0.05, 0.1) is 11.3 Å². The second kappa shape index (κ2) is 5.17. The summed E-state index contributed by atoms with van der Waals surface area (Å²) in [5.74, 6) is -2.55. The molecule has 0 fully saturated rings. The van der Waals surface area contributed by atoms with Crippen LogP contribution < -0.4 is 5.32 Å². The zero-order valence-corrected chi connectivity index (χ0v) is 9.14. The standard InChI is InChI=1S/C9H8F3NO3S/c10-9(11,12)6(4-7(14)15)13-8(16)5-2-1-3-17-5/h1-3,6H,4H2,(H,13,16)(H,14,15). The van der Waals surface area contributed by atoms with Crippen LogP contribution >= 0.6 is 11.3 Å². The molecule has 1 amide bonds. The maximum atomic E-state index is 12.4. The minimum absolute atomic E-state index is 0.102. The number of carbonyl (C=O) groups is 2. The summed E-state index contributed by atoms with van der Waals surface area (Å²) in [6.45, 7) is 0. The molecule has 0 aliphatic carbocycles. The number of carboxylic acid groups (broad SMARTS) is 1. The monoisotopic (exact) mass is 267 g/mol. The Bertz CT molecular complexity index is 402. The fourth-order valence-corrected chi connectivity index (χ4v) is 1.69. The lowest BCUT2D eigenvalue weighted by Gasteiger charge is -2.19. The van der Waals surface area contributed by atoms with Gasteiger partial charge in [0.15, 0.2) is 0 Å². The first kappa shape index (κ1) is 13.5. The average Bonchev–Trinajstić information content (AvgIpc) is 2.66. The molecule has 0 spiro atoms. The topological polar surface area (TPSA) is 66.4 Å². The van der Waals surface area contributed by atoms with E-state index < -0.39 is 30.5 Å². The van der Waals surface area contributed by atoms with Gasteiger partial charge in [-0.25, -0.2) is 0 Å². The van der Waals surface area contributed by atoms with Crippen molar-refractivity contribution < 1.29 is 27.9 Å². The number of carbonyl (C=O) groups excluding carboxylic acids is 1. The van der Waals surface area contributed by atoms with Crippen molar-refractivity contribution in [2.75, 3.05) is 0 Å². The van der Waals surface area contributed by atoms with Crippen molar-refractivity contribution in [1.29, 1.82) is 0 Å². The lowest BCUT2D eigenvalue weighted by molar-refractivity contribution is -0.165. The Morgan fingerprint density at radius 2 is 2.12 bits per heavy atom. The number of rotatable bonds is 4. The van der Waals surface area contributed by atoms with Crippen LogP contribution in [0.5, 0.6) is 0 Å². The van der Waals surface area contributed by atoms with Crippen LogP contribution in [0.2, 0.25) is 0 Å². The van der Waals surface area contributed by atoms with Crippen molar-refractivity contribution in [1.82, 2.24) is 5.32 Å². The van der Waals surface area contributed by atoms with Crippen LogP contribution in [0.3, 0.4) is 0 Å². The number of hydrogen-bond donors (Lipinski definition) is 2. The van der Waals surface area contributed by atoms with Gasteiger partial charge in [-0.05, 0) is 11.4 Å². The summed E-state index contributed by atoms with van der Waals surface area (Å²) in [6.07, 6.45) is -5.98. The molecular weight excluding hydrogens is 259 g/mol. The molecule has 17 heavy (non-hydrogen) atoms. The molecule has 2 N–H and O–H groups in total. The number of carboxylic acids is 1. The van der Waals surface area contributed by atoms with E-state index in [1.54, 1.807) is 5.32 Å². The molecule has 0 aliphatic heterocycles. The highest BCUT2D eigenvalue weighted by molar-refractivity contribution is 7.12. The second-order valence-corrected chi connectivity index (χ2v) is 4.09. The molecule has 0 saturated heterocycles. The molecule has 0 aromatic carbocycles. The molecule has 1 heterocycles. The van der Waals surface area contributed by atoms with E-state index in [9.17, 15) is 22.8 Å². The van der Waals surface area contributed by atoms with Crippen LogP contribution in [0.1, 0.15) is 16.1 Å². The van der Waals surface area contributed by atoms with E-state index in [1.807, 2.05) is 0 Å². The SMILES string of the molecule is O=C(O)CC(NC(=O)c1cccs1)C(F)(F)F. The number of hydrogen-bond acceptors (Lipinski definition) is 3. The molecule has 1 atom stereocenters. The molecule has 4 nitrogen and oxygen atoms in total. The van der Waals surface area contributed by atoms with Gasteiger partial charge in [0.2, 0.25) is 0 Å². The van der Waals surface area contributed by atoms with Gasteiger partial charge in [-0.1, -0.05) is 6.07 Å². The van der Waals surface area contributed by atoms with Gasteiger partial charge in [-0.2, -0.15) is 13.2 Å². The third-order valence-electron chi connectivity index (χ3n) is 1.82. The van der Waals surface area contributed by atoms with Gasteiger partial charge in [0.25, 0.3) is 5.91 Å². The number of amides is 1. The maximum Gasteiger partial charge on any atom is 0.409 e. The number of nitrogens with one attached hydrogen (secondary N) is 1. The van der Waals surface area contributed by atoms with Crippen molar-refractivity contribution in [3.63, 3.8) is 0 Å². The molecule has 0 bridgehead atoms. The first-order chi connectivity index (χ1) is 7.80. The van der Waals surface area contributed by atoms with Crippen molar-refractivity contribution in [2.24, 2.45) is 0 Å². The van der Waals surface area contributed by atoms with E-state index in [4.69, 9.17) is 5.11 Å². The van der Waals surface area contributed by atoms with Crippen LogP contribution in [0.4, 0.5) is 13.2 Å². The Kier molecular flexibility index (Phi) is 4.11. The van der Waals surface area contributed by atoms with Crippen LogP contribution in [0, 0.1) is 0 Å². The number of aliphatic carboxylic acids is 1. The van der Waals surface area contributed by atoms with E-state index >= 15 is 0 Å². The van der Waals surface area contributed by atoms with Crippen LogP contribution in [-0.4, -0.2) is 29.2 Å². The van der Waals surface area contributed by atoms with E-state index in [2.05, 4.69) is 0 Å². The summed E-state index contributed by atoms with van der Waals surface area (Å²) in [5.41, 5.74) is 0. The Labute approximate surface area is 98.1 Å². The molecule has 0 aliphatic rings. The van der Waals surface area contributed by atoms with Crippen LogP contribution in [-0.2, 0) is 4.79 Å². The van der Waals surface area contributed by atoms with E-state index in [1.165, 1.54) is 17.5 Å². The molecule has 1 unspecified atom stereocenters. The van der Waals surface area contributed by atoms with E-state index in [0.717, 1.165) is 11.3 Å². The minimum Gasteiger partial charge on any atom is -0.481 e. The van der Waals surface area contributed by atoms with Gasteiger partial charge < -0.3 is 10.4 Å². The van der Waals surface area contributed by atoms with Gasteiger partial charge >= 0.3 is 12.1 Å². The third kappa shape index (κ3) is 4.06. The second-order valence-electron chi connectivity index (χ2n) is 3.14. The highest BCUT2D eigenvalue weighted by Crippen LogP contribution is 2.23. The summed E-state index contributed by atoms with van der Waals surface area (Å²) in [6, 6.07) is 0.489. The summed E-state index contributed by atoms with van der Waals surface area (Å²) in [4.78, 5) is 21.7. The number of thiophene rings is 1. The van der Waals surface area contributed by atoms with Crippen molar-refractivity contribution in [3.8, 4) is 0 Å². The zero-order chi connectivity index (χ0) is 13.1. The van der Waals surface area contributed by atoms with E-state index in [-0.39, 0.29) is 4.88 Å². The van der Waals surface area contributed by atoms with Gasteiger partial charge in [-0.3, -0.25) is 9.59 Å². The van der Waals surface area contributed by atoms with E-state index in [0.29, 0.717) is 0 Å². The molecule has 0 saturated carbocycles. The Morgan fingerprint density at radius 1 is 1.47 bits per heavy atom. The molecule has 0 radical (unpaired) electrons. The average molecular weight is 267 g/mol. The fraction of sp³-hybridized carbons (Fsp3) is 0.333. The molecule has 1 aromatic rings. The van der Waals surface area contributed by atoms with Gasteiger partial charge in [-0.15, -0.1) is 11.3 Å². The summed E-state index contributed by atoms with van der Waals surface area (Å²) >= 11 is 0.976. The largest absolute Gasteiger partial charge is 0.481 e. The highest BCUT2D eigenvalue weighted by Gasteiger charge is 2.42. The molecule has 1 aromatic heterocycles. The molecular formula is C9H8F3NO3S. The Balaban J connectivity index is 2.73. The lowest BCUT2D eigenvalue weighted by Crippen LogP contribution is -2.46. The quantitative estimate of drug-likeness (QED) is 0.875. The number of halogens is 3. The number of alkyl halides is 3.